The molecule has 3 rings (SSSR count). The number of aryl methyl sites for hydroxylation is 1. The quantitative estimate of drug-likeness (QED) is 0.750. The van der Waals surface area contributed by atoms with Gasteiger partial charge < -0.3 is 5.32 Å². The van der Waals surface area contributed by atoms with Crippen molar-refractivity contribution in [3.05, 3.63) is 48.0 Å². The molecule has 0 aliphatic carbocycles. The van der Waals surface area contributed by atoms with Gasteiger partial charge in [0, 0.05) is 17.2 Å². The average molecular weight is 310 g/mol. The number of carbonyl (C=O) groups is 1. The third-order valence-electron chi connectivity index (χ3n) is 3.47. The number of nitrogens with zero attached hydrogens (tertiary/aromatic N) is 1. The average Bonchev–Trinajstić information content (AvgIpc) is 2.90. The standard InChI is InChI=1S/C18H18N2OS/c1-11(2)17(21)19-14-7-5-13(6-8-14)18-20-15-9-4-12(3)10-16(15)22-18/h4-11H,1-3H3,(H,19,21). The number of thiazole rings is 1. The van der Waals surface area contributed by atoms with E-state index in [9.17, 15) is 4.79 Å². The summed E-state index contributed by atoms with van der Waals surface area (Å²) in [7, 11) is 0. The maximum absolute atomic E-state index is 11.7. The first-order valence-electron chi connectivity index (χ1n) is 7.31. The second-order valence-corrected chi connectivity index (χ2v) is 6.74. The summed E-state index contributed by atoms with van der Waals surface area (Å²) in [6.45, 7) is 5.85. The van der Waals surface area contributed by atoms with Gasteiger partial charge in [-0.2, -0.15) is 0 Å². The minimum atomic E-state index is -0.0211. The Morgan fingerprint density at radius 3 is 2.55 bits per heavy atom. The molecule has 1 heterocycles. The first kappa shape index (κ1) is 14.7. The first-order valence-corrected chi connectivity index (χ1v) is 8.13. The lowest BCUT2D eigenvalue weighted by atomic mass is 10.2. The van der Waals surface area contributed by atoms with Crippen molar-refractivity contribution in [1.29, 1.82) is 0 Å². The molecule has 0 bridgehead atoms. The third kappa shape index (κ3) is 3.02. The van der Waals surface area contributed by atoms with Gasteiger partial charge in [-0.3, -0.25) is 4.79 Å². The largest absolute Gasteiger partial charge is 0.326 e. The fourth-order valence-electron chi connectivity index (χ4n) is 2.14. The number of fused-ring (bicyclic) bond motifs is 1. The Labute approximate surface area is 134 Å². The summed E-state index contributed by atoms with van der Waals surface area (Å²) in [5.41, 5.74) is 4.16. The zero-order chi connectivity index (χ0) is 15.7. The van der Waals surface area contributed by atoms with E-state index in [1.54, 1.807) is 11.3 Å². The second kappa shape index (κ2) is 5.89. The van der Waals surface area contributed by atoms with Crippen molar-refractivity contribution in [3.8, 4) is 10.6 Å². The Balaban J connectivity index is 1.86. The molecule has 0 aliphatic rings. The van der Waals surface area contributed by atoms with Gasteiger partial charge in [0.2, 0.25) is 5.91 Å². The topological polar surface area (TPSA) is 42.0 Å². The molecule has 4 heteroatoms. The lowest BCUT2D eigenvalue weighted by molar-refractivity contribution is -0.118. The van der Waals surface area contributed by atoms with E-state index in [4.69, 9.17) is 0 Å². The molecule has 0 atom stereocenters. The number of benzene rings is 2. The summed E-state index contributed by atoms with van der Waals surface area (Å²) in [5.74, 6) is 0.00962. The number of anilines is 1. The smallest absolute Gasteiger partial charge is 0.226 e. The molecule has 22 heavy (non-hydrogen) atoms. The first-order chi connectivity index (χ1) is 10.5. The predicted octanol–water partition coefficient (Wildman–Crippen LogP) is 4.87. The zero-order valence-corrected chi connectivity index (χ0v) is 13.7. The van der Waals surface area contributed by atoms with Crippen LogP contribution in [0.2, 0.25) is 0 Å². The fourth-order valence-corrected chi connectivity index (χ4v) is 3.21. The van der Waals surface area contributed by atoms with Crippen LogP contribution in [0.3, 0.4) is 0 Å². The van der Waals surface area contributed by atoms with Crippen molar-refractivity contribution in [2.75, 3.05) is 5.32 Å². The molecule has 3 nitrogen and oxygen atoms in total. The maximum Gasteiger partial charge on any atom is 0.226 e. The van der Waals surface area contributed by atoms with Gasteiger partial charge in [0.1, 0.15) is 5.01 Å². The van der Waals surface area contributed by atoms with Gasteiger partial charge >= 0.3 is 0 Å². The van der Waals surface area contributed by atoms with Gasteiger partial charge in [-0.25, -0.2) is 4.98 Å². The molecule has 2 aromatic carbocycles. The highest BCUT2D eigenvalue weighted by molar-refractivity contribution is 7.21. The minimum absolute atomic E-state index is 0.0211. The molecule has 0 fully saturated rings. The molecular formula is C18H18N2OS. The van der Waals surface area contributed by atoms with E-state index in [0.29, 0.717) is 0 Å². The van der Waals surface area contributed by atoms with Crippen molar-refractivity contribution >= 4 is 33.1 Å². The molecule has 1 N–H and O–H groups in total. The van der Waals surface area contributed by atoms with Crippen LogP contribution < -0.4 is 5.32 Å². The molecule has 0 saturated carbocycles. The number of carbonyl (C=O) groups excluding carboxylic acids is 1. The Morgan fingerprint density at radius 1 is 1.14 bits per heavy atom. The number of hydrogen-bond donors (Lipinski definition) is 1. The Kier molecular flexibility index (Phi) is 3.94. The van der Waals surface area contributed by atoms with Gasteiger partial charge in [-0.05, 0) is 48.9 Å². The van der Waals surface area contributed by atoms with Crippen LogP contribution >= 0.6 is 11.3 Å². The van der Waals surface area contributed by atoms with Crippen LogP contribution in [0.25, 0.3) is 20.8 Å². The molecule has 0 saturated heterocycles. The SMILES string of the molecule is Cc1ccc2nc(-c3ccc(NC(=O)C(C)C)cc3)sc2c1. The van der Waals surface area contributed by atoms with Gasteiger partial charge in [-0.15, -0.1) is 11.3 Å². The molecular weight excluding hydrogens is 292 g/mol. The number of rotatable bonds is 3. The Hall–Kier alpha value is -2.20. The monoisotopic (exact) mass is 310 g/mol. The molecule has 1 aromatic heterocycles. The van der Waals surface area contributed by atoms with E-state index < -0.39 is 0 Å². The fraction of sp³-hybridized carbons (Fsp3) is 0.222. The predicted molar refractivity (Wildman–Crippen MR) is 93.3 cm³/mol. The van der Waals surface area contributed by atoms with Crippen LogP contribution in [0.5, 0.6) is 0 Å². The normalized spacial score (nSPS) is 11.1. The van der Waals surface area contributed by atoms with Crippen molar-refractivity contribution in [2.24, 2.45) is 5.92 Å². The molecule has 0 aliphatic heterocycles. The Morgan fingerprint density at radius 2 is 1.86 bits per heavy atom. The second-order valence-electron chi connectivity index (χ2n) is 5.71. The lowest BCUT2D eigenvalue weighted by Crippen LogP contribution is -2.17. The van der Waals surface area contributed by atoms with E-state index in [0.717, 1.165) is 21.8 Å². The number of nitrogens with one attached hydrogen (secondary N) is 1. The van der Waals surface area contributed by atoms with Crippen LogP contribution in [0.15, 0.2) is 42.5 Å². The van der Waals surface area contributed by atoms with Gasteiger partial charge in [0.05, 0.1) is 10.2 Å². The summed E-state index contributed by atoms with van der Waals surface area (Å²) in [6.07, 6.45) is 0. The highest BCUT2D eigenvalue weighted by Crippen LogP contribution is 2.31. The highest BCUT2D eigenvalue weighted by Gasteiger charge is 2.09. The highest BCUT2D eigenvalue weighted by atomic mass is 32.1. The van der Waals surface area contributed by atoms with Crippen molar-refractivity contribution in [2.45, 2.75) is 20.8 Å². The molecule has 3 aromatic rings. The Bertz CT molecular complexity index is 819. The summed E-state index contributed by atoms with van der Waals surface area (Å²) < 4.78 is 1.20. The number of hydrogen-bond acceptors (Lipinski definition) is 3. The van der Waals surface area contributed by atoms with E-state index in [1.165, 1.54) is 10.3 Å². The van der Waals surface area contributed by atoms with Crippen LogP contribution in [-0.4, -0.2) is 10.9 Å². The molecule has 112 valence electrons. The number of amides is 1. The summed E-state index contributed by atoms with van der Waals surface area (Å²) in [6, 6.07) is 14.1. The van der Waals surface area contributed by atoms with Crippen LogP contribution in [-0.2, 0) is 4.79 Å². The zero-order valence-electron chi connectivity index (χ0n) is 12.9. The van der Waals surface area contributed by atoms with E-state index in [1.807, 2.05) is 38.1 Å². The molecule has 1 amide bonds. The summed E-state index contributed by atoms with van der Waals surface area (Å²) >= 11 is 1.69. The molecule has 0 unspecified atom stereocenters. The van der Waals surface area contributed by atoms with Gasteiger partial charge in [-0.1, -0.05) is 19.9 Å². The summed E-state index contributed by atoms with van der Waals surface area (Å²) in [4.78, 5) is 16.4. The van der Waals surface area contributed by atoms with Gasteiger partial charge in [0.15, 0.2) is 0 Å². The molecule has 0 radical (unpaired) electrons. The maximum atomic E-state index is 11.7. The van der Waals surface area contributed by atoms with E-state index >= 15 is 0 Å². The van der Waals surface area contributed by atoms with Crippen LogP contribution in [0, 0.1) is 12.8 Å². The van der Waals surface area contributed by atoms with Crippen molar-refractivity contribution < 1.29 is 4.79 Å². The van der Waals surface area contributed by atoms with Gasteiger partial charge in [0.25, 0.3) is 0 Å². The third-order valence-corrected chi connectivity index (χ3v) is 4.53. The molecule has 0 spiro atoms. The summed E-state index contributed by atoms with van der Waals surface area (Å²) in [5, 5.41) is 3.90. The minimum Gasteiger partial charge on any atom is -0.326 e. The van der Waals surface area contributed by atoms with Crippen LogP contribution in [0.1, 0.15) is 19.4 Å². The lowest BCUT2D eigenvalue weighted by Gasteiger charge is -2.07. The van der Waals surface area contributed by atoms with E-state index in [2.05, 4.69) is 35.4 Å². The van der Waals surface area contributed by atoms with E-state index in [-0.39, 0.29) is 11.8 Å². The van der Waals surface area contributed by atoms with Crippen molar-refractivity contribution in [1.82, 2.24) is 4.98 Å². The van der Waals surface area contributed by atoms with Crippen LogP contribution in [0.4, 0.5) is 5.69 Å². The number of aromatic nitrogens is 1. The van der Waals surface area contributed by atoms with Crippen molar-refractivity contribution in [3.63, 3.8) is 0 Å².